The van der Waals surface area contributed by atoms with Gasteiger partial charge in [-0.3, -0.25) is 4.79 Å². The molecule has 28 heavy (non-hydrogen) atoms. The summed E-state index contributed by atoms with van der Waals surface area (Å²) in [6.07, 6.45) is 2.80. The number of aromatic nitrogens is 1. The standard InChI is InChI=1S/C22H25Cl2N3O/c1-15(2)25-13-22(28)27(14-16-7-8-19(23)20(24)11-16)10-9-17-12-26-21-6-4-3-5-18(17)21/h3-8,11-12,15,25-26H,9-10,13-14H2,1-2H3. The summed E-state index contributed by atoms with van der Waals surface area (Å²) < 4.78 is 0. The van der Waals surface area contributed by atoms with E-state index in [2.05, 4.69) is 22.4 Å². The summed E-state index contributed by atoms with van der Waals surface area (Å²) in [7, 11) is 0. The van der Waals surface area contributed by atoms with Gasteiger partial charge in [0, 0.05) is 36.2 Å². The number of fused-ring (bicyclic) bond motifs is 1. The monoisotopic (exact) mass is 417 g/mol. The second-order valence-corrected chi connectivity index (χ2v) is 8.02. The Balaban J connectivity index is 1.74. The zero-order valence-corrected chi connectivity index (χ0v) is 17.6. The van der Waals surface area contributed by atoms with Crippen LogP contribution in [0, 0.1) is 0 Å². The van der Waals surface area contributed by atoms with Crippen molar-refractivity contribution in [3.8, 4) is 0 Å². The van der Waals surface area contributed by atoms with Gasteiger partial charge in [-0.1, -0.05) is 61.3 Å². The molecule has 0 radical (unpaired) electrons. The molecule has 0 aliphatic carbocycles. The molecule has 4 nitrogen and oxygen atoms in total. The van der Waals surface area contributed by atoms with Crippen LogP contribution in [-0.4, -0.2) is 34.9 Å². The first kappa shape index (κ1) is 20.7. The number of hydrogen-bond acceptors (Lipinski definition) is 2. The molecule has 0 atom stereocenters. The summed E-state index contributed by atoms with van der Waals surface area (Å²) >= 11 is 12.2. The largest absolute Gasteiger partial charge is 0.361 e. The molecule has 2 N–H and O–H groups in total. The van der Waals surface area contributed by atoms with Gasteiger partial charge in [0.05, 0.1) is 16.6 Å². The van der Waals surface area contributed by atoms with Crippen molar-refractivity contribution in [1.82, 2.24) is 15.2 Å². The lowest BCUT2D eigenvalue weighted by Gasteiger charge is -2.24. The van der Waals surface area contributed by atoms with Gasteiger partial charge >= 0.3 is 0 Å². The number of rotatable bonds is 8. The van der Waals surface area contributed by atoms with Gasteiger partial charge < -0.3 is 15.2 Å². The molecule has 0 saturated heterocycles. The third-order valence-corrected chi connectivity index (χ3v) is 5.44. The van der Waals surface area contributed by atoms with E-state index in [1.807, 2.05) is 49.2 Å². The van der Waals surface area contributed by atoms with Crippen LogP contribution < -0.4 is 5.32 Å². The Morgan fingerprint density at radius 2 is 1.93 bits per heavy atom. The van der Waals surface area contributed by atoms with Gasteiger partial charge in [0.25, 0.3) is 0 Å². The van der Waals surface area contributed by atoms with Crippen LogP contribution in [0.2, 0.25) is 10.0 Å². The van der Waals surface area contributed by atoms with Crippen molar-refractivity contribution in [2.45, 2.75) is 32.9 Å². The van der Waals surface area contributed by atoms with Crippen LogP contribution in [-0.2, 0) is 17.8 Å². The van der Waals surface area contributed by atoms with Gasteiger partial charge in [-0.15, -0.1) is 0 Å². The fourth-order valence-corrected chi connectivity index (χ4v) is 3.47. The molecule has 1 heterocycles. The van der Waals surface area contributed by atoms with Crippen molar-refractivity contribution in [3.63, 3.8) is 0 Å². The average molecular weight is 418 g/mol. The predicted octanol–water partition coefficient (Wildman–Crippen LogP) is 5.04. The number of halogens is 2. The highest BCUT2D eigenvalue weighted by Gasteiger charge is 2.16. The summed E-state index contributed by atoms with van der Waals surface area (Å²) in [6, 6.07) is 14.0. The highest BCUT2D eigenvalue weighted by atomic mass is 35.5. The number of nitrogens with one attached hydrogen (secondary N) is 2. The second kappa shape index (κ2) is 9.46. The normalized spacial score (nSPS) is 11.3. The van der Waals surface area contributed by atoms with E-state index >= 15 is 0 Å². The highest BCUT2D eigenvalue weighted by Crippen LogP contribution is 2.24. The van der Waals surface area contributed by atoms with Crippen LogP contribution in [0.1, 0.15) is 25.0 Å². The number of carbonyl (C=O) groups is 1. The van der Waals surface area contributed by atoms with Crippen molar-refractivity contribution in [3.05, 3.63) is 69.8 Å². The van der Waals surface area contributed by atoms with Gasteiger partial charge in [0.2, 0.25) is 5.91 Å². The highest BCUT2D eigenvalue weighted by molar-refractivity contribution is 6.42. The van der Waals surface area contributed by atoms with Crippen LogP contribution in [0.3, 0.4) is 0 Å². The second-order valence-electron chi connectivity index (χ2n) is 7.21. The van der Waals surface area contributed by atoms with E-state index in [0.717, 1.165) is 17.5 Å². The Hall–Kier alpha value is -2.01. The van der Waals surface area contributed by atoms with E-state index < -0.39 is 0 Å². The van der Waals surface area contributed by atoms with Crippen LogP contribution in [0.15, 0.2) is 48.7 Å². The molecule has 1 amide bonds. The molecule has 3 rings (SSSR count). The molecule has 0 aliphatic rings. The SMILES string of the molecule is CC(C)NCC(=O)N(CCc1c[nH]c2ccccc12)Cc1ccc(Cl)c(Cl)c1. The number of aromatic amines is 1. The number of nitrogens with zero attached hydrogens (tertiary/aromatic N) is 1. The van der Waals surface area contributed by atoms with Crippen molar-refractivity contribution < 1.29 is 4.79 Å². The maximum Gasteiger partial charge on any atom is 0.236 e. The summed E-state index contributed by atoms with van der Waals surface area (Å²) in [5, 5.41) is 5.43. The third kappa shape index (κ3) is 5.28. The molecule has 0 fully saturated rings. The van der Waals surface area contributed by atoms with Crippen molar-refractivity contribution >= 4 is 40.0 Å². The molecule has 2 aromatic carbocycles. The summed E-state index contributed by atoms with van der Waals surface area (Å²) in [5.41, 5.74) is 3.28. The molecule has 0 unspecified atom stereocenters. The average Bonchev–Trinajstić information content (AvgIpc) is 3.09. The molecular formula is C22H25Cl2N3O. The lowest BCUT2D eigenvalue weighted by molar-refractivity contribution is -0.130. The van der Waals surface area contributed by atoms with Crippen molar-refractivity contribution in [1.29, 1.82) is 0 Å². The minimum atomic E-state index is 0.0691. The number of hydrogen-bond donors (Lipinski definition) is 2. The Labute approximate surface area is 175 Å². The molecule has 0 spiro atoms. The Morgan fingerprint density at radius 1 is 1.14 bits per heavy atom. The fraction of sp³-hybridized carbons (Fsp3) is 0.318. The first-order valence-corrected chi connectivity index (χ1v) is 10.2. The fourth-order valence-electron chi connectivity index (χ4n) is 3.15. The summed E-state index contributed by atoms with van der Waals surface area (Å²) in [5.74, 6) is 0.0691. The lowest BCUT2D eigenvalue weighted by atomic mass is 10.1. The van der Waals surface area contributed by atoms with E-state index in [9.17, 15) is 4.79 Å². The molecule has 0 bridgehead atoms. The topological polar surface area (TPSA) is 48.1 Å². The number of benzene rings is 2. The minimum absolute atomic E-state index is 0.0691. The molecule has 1 aromatic heterocycles. The number of carbonyl (C=O) groups excluding carboxylic acids is 1. The predicted molar refractivity (Wildman–Crippen MR) is 117 cm³/mol. The number of para-hydroxylation sites is 1. The molecule has 148 valence electrons. The van der Waals surface area contributed by atoms with E-state index in [0.29, 0.717) is 29.7 Å². The first-order valence-electron chi connectivity index (χ1n) is 9.44. The maximum atomic E-state index is 12.8. The smallest absolute Gasteiger partial charge is 0.236 e. The van der Waals surface area contributed by atoms with Crippen LogP contribution in [0.4, 0.5) is 0 Å². The summed E-state index contributed by atoms with van der Waals surface area (Å²) in [4.78, 5) is 18.0. The molecule has 6 heteroatoms. The molecular weight excluding hydrogens is 393 g/mol. The molecule has 0 saturated carbocycles. The van der Waals surface area contributed by atoms with Crippen LogP contribution in [0.25, 0.3) is 10.9 Å². The first-order chi connectivity index (χ1) is 13.4. The van der Waals surface area contributed by atoms with Gasteiger partial charge in [-0.2, -0.15) is 0 Å². The number of amides is 1. The van der Waals surface area contributed by atoms with E-state index in [1.54, 1.807) is 6.07 Å². The minimum Gasteiger partial charge on any atom is -0.361 e. The van der Waals surface area contributed by atoms with E-state index in [1.165, 1.54) is 10.9 Å². The van der Waals surface area contributed by atoms with E-state index in [-0.39, 0.29) is 11.9 Å². The quantitative estimate of drug-likeness (QED) is 0.538. The molecule has 3 aromatic rings. The molecule has 0 aliphatic heterocycles. The number of H-pyrrole nitrogens is 1. The van der Waals surface area contributed by atoms with Gasteiger partial charge in [0.15, 0.2) is 0 Å². The summed E-state index contributed by atoms with van der Waals surface area (Å²) in [6.45, 7) is 5.50. The Morgan fingerprint density at radius 3 is 2.68 bits per heavy atom. The van der Waals surface area contributed by atoms with E-state index in [4.69, 9.17) is 23.2 Å². The lowest BCUT2D eigenvalue weighted by Crippen LogP contribution is -2.40. The van der Waals surface area contributed by atoms with Gasteiger partial charge in [-0.25, -0.2) is 0 Å². The van der Waals surface area contributed by atoms with Crippen molar-refractivity contribution in [2.24, 2.45) is 0 Å². The Kier molecular flexibility index (Phi) is 7.00. The van der Waals surface area contributed by atoms with Crippen LogP contribution >= 0.6 is 23.2 Å². The van der Waals surface area contributed by atoms with Crippen molar-refractivity contribution in [2.75, 3.05) is 13.1 Å². The maximum absolute atomic E-state index is 12.8. The van der Waals surface area contributed by atoms with Gasteiger partial charge in [0.1, 0.15) is 0 Å². The van der Waals surface area contributed by atoms with Crippen LogP contribution in [0.5, 0.6) is 0 Å². The zero-order chi connectivity index (χ0) is 20.1. The van der Waals surface area contributed by atoms with Gasteiger partial charge in [-0.05, 0) is 35.7 Å². The Bertz CT molecular complexity index is 952. The zero-order valence-electron chi connectivity index (χ0n) is 16.1. The third-order valence-electron chi connectivity index (χ3n) is 4.70.